The van der Waals surface area contributed by atoms with Crippen molar-refractivity contribution in [1.82, 2.24) is 15.1 Å². The third-order valence-corrected chi connectivity index (χ3v) is 5.35. The van der Waals surface area contributed by atoms with Gasteiger partial charge in [-0.2, -0.15) is 0 Å². The maximum absolute atomic E-state index is 13.4. The lowest BCUT2D eigenvalue weighted by Crippen LogP contribution is -2.44. The number of halogens is 3. The molecule has 0 aliphatic carbocycles. The van der Waals surface area contributed by atoms with Crippen molar-refractivity contribution in [2.45, 2.75) is 25.9 Å². The molecule has 3 rings (SSSR count). The molecular formula is C21H20ClF2N3O3. The molecule has 4 amide bonds. The zero-order valence-electron chi connectivity index (χ0n) is 16.4. The highest BCUT2D eigenvalue weighted by Gasteiger charge is 2.50. The summed E-state index contributed by atoms with van der Waals surface area (Å²) >= 11 is 6.07. The minimum absolute atomic E-state index is 0.0133. The van der Waals surface area contributed by atoms with Crippen LogP contribution >= 0.6 is 11.6 Å². The number of imide groups is 1. The van der Waals surface area contributed by atoms with Gasteiger partial charge in [0.15, 0.2) is 0 Å². The van der Waals surface area contributed by atoms with Crippen molar-refractivity contribution in [2.24, 2.45) is 0 Å². The molecule has 1 fully saturated rings. The van der Waals surface area contributed by atoms with E-state index in [0.29, 0.717) is 12.1 Å². The van der Waals surface area contributed by atoms with Gasteiger partial charge in [0, 0.05) is 23.7 Å². The summed E-state index contributed by atoms with van der Waals surface area (Å²) in [4.78, 5) is 40.4. The maximum atomic E-state index is 13.4. The summed E-state index contributed by atoms with van der Waals surface area (Å²) in [5.41, 5.74) is -0.710. The molecule has 1 aliphatic heterocycles. The summed E-state index contributed by atoms with van der Waals surface area (Å²) in [5.74, 6) is -2.14. The van der Waals surface area contributed by atoms with E-state index in [4.69, 9.17) is 11.6 Å². The Morgan fingerprint density at radius 3 is 2.50 bits per heavy atom. The van der Waals surface area contributed by atoms with Crippen molar-refractivity contribution in [2.75, 3.05) is 13.1 Å². The lowest BCUT2D eigenvalue weighted by molar-refractivity contribution is -0.139. The van der Waals surface area contributed by atoms with E-state index >= 15 is 0 Å². The summed E-state index contributed by atoms with van der Waals surface area (Å²) in [7, 11) is 0. The monoisotopic (exact) mass is 435 g/mol. The van der Waals surface area contributed by atoms with Crippen LogP contribution in [0.4, 0.5) is 13.6 Å². The normalized spacial score (nSPS) is 18.5. The Labute approximate surface area is 177 Å². The van der Waals surface area contributed by atoms with Crippen LogP contribution in [0.15, 0.2) is 42.5 Å². The Morgan fingerprint density at radius 2 is 1.87 bits per heavy atom. The lowest BCUT2D eigenvalue weighted by atomic mass is 9.92. The van der Waals surface area contributed by atoms with Crippen LogP contribution in [0.3, 0.4) is 0 Å². The number of urea groups is 1. The molecule has 0 aromatic heterocycles. The standard InChI is InChI=1S/C21H20ClF2N3O3/c1-3-26(11-13-5-4-6-14(23)9-13)18(28)12-27-19(29)21(2,25-20(27)30)16-8-7-15(24)10-17(16)22/h4-10H,3,11-12H2,1-2H3,(H,25,30). The molecule has 158 valence electrons. The summed E-state index contributed by atoms with van der Waals surface area (Å²) in [6, 6.07) is 8.60. The van der Waals surface area contributed by atoms with E-state index in [-0.39, 0.29) is 17.1 Å². The second kappa shape index (κ2) is 8.39. The summed E-state index contributed by atoms with van der Waals surface area (Å²) in [6.07, 6.45) is 0. The van der Waals surface area contributed by atoms with Crippen LogP contribution in [0.1, 0.15) is 25.0 Å². The zero-order valence-corrected chi connectivity index (χ0v) is 17.2. The number of likely N-dealkylation sites (N-methyl/N-ethyl adjacent to an activating group) is 1. The third-order valence-electron chi connectivity index (χ3n) is 5.04. The number of hydrogen-bond acceptors (Lipinski definition) is 3. The Hall–Kier alpha value is -3.00. The minimum Gasteiger partial charge on any atom is -0.337 e. The van der Waals surface area contributed by atoms with Crippen molar-refractivity contribution < 1.29 is 23.2 Å². The van der Waals surface area contributed by atoms with Gasteiger partial charge in [0.1, 0.15) is 23.7 Å². The summed E-state index contributed by atoms with van der Waals surface area (Å²) in [6.45, 7) is 3.15. The van der Waals surface area contributed by atoms with Gasteiger partial charge in [-0.05, 0) is 43.7 Å². The molecule has 9 heteroatoms. The number of nitrogens with zero attached hydrogens (tertiary/aromatic N) is 2. The quantitative estimate of drug-likeness (QED) is 0.707. The maximum Gasteiger partial charge on any atom is 0.325 e. The smallest absolute Gasteiger partial charge is 0.325 e. The van der Waals surface area contributed by atoms with Gasteiger partial charge < -0.3 is 10.2 Å². The van der Waals surface area contributed by atoms with Crippen LogP contribution in [-0.2, 0) is 21.7 Å². The van der Waals surface area contributed by atoms with Crippen molar-refractivity contribution in [3.05, 3.63) is 70.2 Å². The van der Waals surface area contributed by atoms with Gasteiger partial charge in [-0.15, -0.1) is 0 Å². The molecule has 1 unspecified atom stereocenters. The molecule has 1 N–H and O–H groups in total. The average Bonchev–Trinajstić information content (AvgIpc) is 2.89. The van der Waals surface area contributed by atoms with Gasteiger partial charge in [0.2, 0.25) is 5.91 Å². The van der Waals surface area contributed by atoms with Crippen LogP contribution in [0.25, 0.3) is 0 Å². The topological polar surface area (TPSA) is 69.7 Å². The highest BCUT2D eigenvalue weighted by atomic mass is 35.5. The molecule has 0 bridgehead atoms. The average molecular weight is 436 g/mol. The Bertz CT molecular complexity index is 1020. The lowest BCUT2D eigenvalue weighted by Gasteiger charge is -2.25. The van der Waals surface area contributed by atoms with E-state index in [0.717, 1.165) is 17.0 Å². The first-order valence-electron chi connectivity index (χ1n) is 9.27. The first-order chi connectivity index (χ1) is 14.2. The minimum atomic E-state index is -1.53. The van der Waals surface area contributed by atoms with E-state index in [1.54, 1.807) is 13.0 Å². The van der Waals surface area contributed by atoms with E-state index in [9.17, 15) is 23.2 Å². The first kappa shape index (κ1) is 21.7. The number of amides is 4. The van der Waals surface area contributed by atoms with Gasteiger partial charge >= 0.3 is 6.03 Å². The van der Waals surface area contributed by atoms with E-state index in [1.807, 2.05) is 0 Å². The van der Waals surface area contributed by atoms with Crippen LogP contribution < -0.4 is 5.32 Å². The second-order valence-corrected chi connectivity index (χ2v) is 7.52. The van der Waals surface area contributed by atoms with E-state index in [2.05, 4.69) is 5.32 Å². The highest BCUT2D eigenvalue weighted by molar-refractivity contribution is 6.32. The fourth-order valence-corrected chi connectivity index (χ4v) is 3.74. The predicted octanol–water partition coefficient (Wildman–Crippen LogP) is 3.43. The van der Waals surface area contributed by atoms with Crippen molar-refractivity contribution in [3.63, 3.8) is 0 Å². The molecule has 30 heavy (non-hydrogen) atoms. The zero-order chi connectivity index (χ0) is 22.1. The molecule has 0 radical (unpaired) electrons. The van der Waals surface area contributed by atoms with Gasteiger partial charge in [-0.1, -0.05) is 29.8 Å². The summed E-state index contributed by atoms with van der Waals surface area (Å²) < 4.78 is 26.8. The van der Waals surface area contributed by atoms with Gasteiger partial charge in [-0.3, -0.25) is 14.5 Å². The number of carbonyl (C=O) groups excluding carboxylic acids is 3. The molecule has 2 aromatic carbocycles. The van der Waals surface area contributed by atoms with Crippen LogP contribution in [0, 0.1) is 11.6 Å². The van der Waals surface area contributed by atoms with Crippen LogP contribution in [0.2, 0.25) is 5.02 Å². The Morgan fingerprint density at radius 1 is 1.17 bits per heavy atom. The molecular weight excluding hydrogens is 416 g/mol. The molecule has 0 saturated carbocycles. The summed E-state index contributed by atoms with van der Waals surface area (Å²) in [5, 5.41) is 2.52. The van der Waals surface area contributed by atoms with Crippen LogP contribution in [-0.4, -0.2) is 40.7 Å². The van der Waals surface area contributed by atoms with Crippen molar-refractivity contribution in [1.29, 1.82) is 0 Å². The fraction of sp³-hybridized carbons (Fsp3) is 0.286. The third kappa shape index (κ3) is 4.14. The Balaban J connectivity index is 1.78. The SMILES string of the molecule is CCN(Cc1cccc(F)c1)C(=O)CN1C(=O)NC(C)(c2ccc(F)cc2Cl)C1=O. The van der Waals surface area contributed by atoms with Crippen LogP contribution in [0.5, 0.6) is 0 Å². The molecule has 1 aliphatic rings. The van der Waals surface area contributed by atoms with Gasteiger partial charge in [0.25, 0.3) is 5.91 Å². The Kier molecular flexibility index (Phi) is 6.07. The number of hydrogen-bond donors (Lipinski definition) is 1. The number of carbonyl (C=O) groups is 3. The molecule has 1 saturated heterocycles. The molecule has 1 heterocycles. The highest BCUT2D eigenvalue weighted by Crippen LogP contribution is 2.34. The van der Waals surface area contributed by atoms with Crippen molar-refractivity contribution >= 4 is 29.4 Å². The number of nitrogens with one attached hydrogen (secondary N) is 1. The molecule has 0 spiro atoms. The van der Waals surface area contributed by atoms with Crippen molar-refractivity contribution in [3.8, 4) is 0 Å². The number of rotatable bonds is 6. The largest absolute Gasteiger partial charge is 0.337 e. The van der Waals surface area contributed by atoms with E-state index in [1.165, 1.54) is 36.1 Å². The molecule has 1 atom stereocenters. The predicted molar refractivity (Wildman–Crippen MR) is 106 cm³/mol. The molecule has 2 aromatic rings. The van der Waals surface area contributed by atoms with E-state index < -0.39 is 41.6 Å². The van der Waals surface area contributed by atoms with Gasteiger partial charge in [-0.25, -0.2) is 13.6 Å². The fourth-order valence-electron chi connectivity index (χ4n) is 3.39. The van der Waals surface area contributed by atoms with Gasteiger partial charge in [0.05, 0.1) is 0 Å². The number of benzene rings is 2. The molecule has 6 nitrogen and oxygen atoms in total. The first-order valence-corrected chi connectivity index (χ1v) is 9.65. The second-order valence-electron chi connectivity index (χ2n) is 7.11.